The molecule has 0 unspecified atom stereocenters. The van der Waals surface area contributed by atoms with Crippen LogP contribution in [0.25, 0.3) is 0 Å². The van der Waals surface area contributed by atoms with Gasteiger partial charge in [-0.2, -0.15) is 0 Å². The van der Waals surface area contributed by atoms with Gasteiger partial charge in [0.05, 0.1) is 11.7 Å². The number of carbonyl (C=O) groups is 2. The van der Waals surface area contributed by atoms with Crippen molar-refractivity contribution in [3.8, 4) is 5.75 Å². The second-order valence-electron chi connectivity index (χ2n) is 9.16. The lowest BCUT2D eigenvalue weighted by Crippen LogP contribution is -2.17. The van der Waals surface area contributed by atoms with Crippen molar-refractivity contribution in [3.63, 3.8) is 0 Å². The Bertz CT molecular complexity index is 1220. The van der Waals surface area contributed by atoms with Crippen LogP contribution >= 0.6 is 11.3 Å². The summed E-state index contributed by atoms with van der Waals surface area (Å²) in [6, 6.07) is 9.58. The second kappa shape index (κ2) is 9.66. The highest BCUT2D eigenvalue weighted by atomic mass is 32.1. The van der Waals surface area contributed by atoms with Crippen LogP contribution in [0.15, 0.2) is 34.7 Å². The molecule has 0 saturated carbocycles. The Hall–Kier alpha value is -3.06. The van der Waals surface area contributed by atoms with E-state index in [2.05, 4.69) is 17.4 Å². The molecule has 0 bridgehead atoms. The van der Waals surface area contributed by atoms with Crippen LogP contribution in [0.4, 0.5) is 5.00 Å². The number of anilines is 1. The molecule has 178 valence electrons. The Morgan fingerprint density at radius 1 is 1.03 bits per heavy atom. The summed E-state index contributed by atoms with van der Waals surface area (Å²) < 4.78 is 17.1. The Morgan fingerprint density at radius 2 is 1.85 bits per heavy atom. The van der Waals surface area contributed by atoms with E-state index in [1.165, 1.54) is 28.9 Å². The maximum absolute atomic E-state index is 12.9. The first-order valence-corrected chi connectivity index (χ1v) is 12.8. The minimum absolute atomic E-state index is 0.183. The minimum atomic E-state index is -0.388. The van der Waals surface area contributed by atoms with Gasteiger partial charge in [0.2, 0.25) is 0 Å². The van der Waals surface area contributed by atoms with Crippen LogP contribution in [-0.2, 0) is 37.0 Å². The molecule has 34 heavy (non-hydrogen) atoms. The highest BCUT2D eigenvalue weighted by Crippen LogP contribution is 2.39. The third kappa shape index (κ3) is 4.75. The van der Waals surface area contributed by atoms with Crippen molar-refractivity contribution >= 4 is 28.2 Å². The zero-order valence-electron chi connectivity index (χ0n) is 19.6. The molecule has 0 saturated heterocycles. The molecule has 2 heterocycles. The average Bonchev–Trinajstić information content (AvgIpc) is 3.54. The van der Waals surface area contributed by atoms with Crippen LogP contribution in [0.5, 0.6) is 5.75 Å². The van der Waals surface area contributed by atoms with Crippen molar-refractivity contribution in [3.05, 3.63) is 69.0 Å². The maximum atomic E-state index is 12.9. The van der Waals surface area contributed by atoms with Crippen LogP contribution in [-0.4, -0.2) is 18.0 Å². The minimum Gasteiger partial charge on any atom is -0.486 e. The number of aryl methyl sites for hydroxylation is 3. The molecule has 1 aromatic carbocycles. The average molecular weight is 480 g/mol. The summed E-state index contributed by atoms with van der Waals surface area (Å²) in [6.07, 6.45) is 7.06. The normalized spacial score (nSPS) is 14.6. The van der Waals surface area contributed by atoms with Crippen molar-refractivity contribution in [2.24, 2.45) is 0 Å². The number of rotatable bonds is 7. The van der Waals surface area contributed by atoms with Gasteiger partial charge in [0.1, 0.15) is 23.1 Å². The largest absolute Gasteiger partial charge is 0.486 e. The molecule has 0 aliphatic heterocycles. The summed E-state index contributed by atoms with van der Waals surface area (Å²) in [4.78, 5) is 26.9. The summed E-state index contributed by atoms with van der Waals surface area (Å²) in [5, 5.41) is 3.43. The van der Waals surface area contributed by atoms with E-state index in [9.17, 15) is 9.59 Å². The van der Waals surface area contributed by atoms with E-state index in [0.29, 0.717) is 16.3 Å². The molecule has 1 N–H and O–H groups in total. The van der Waals surface area contributed by atoms with Crippen LogP contribution in [0.3, 0.4) is 0 Å². The molecular formula is C27H29NO5S. The van der Waals surface area contributed by atoms with Gasteiger partial charge < -0.3 is 19.2 Å². The molecule has 0 fully saturated rings. The Labute approximate surface area is 203 Å². The van der Waals surface area contributed by atoms with Crippen LogP contribution in [0.1, 0.15) is 81.4 Å². The zero-order valence-corrected chi connectivity index (χ0v) is 20.4. The highest BCUT2D eigenvalue weighted by Gasteiger charge is 2.28. The van der Waals surface area contributed by atoms with Crippen molar-refractivity contribution in [2.45, 2.75) is 71.5 Å². The number of ether oxygens (including phenoxy) is 2. The quantitative estimate of drug-likeness (QED) is 0.414. The summed E-state index contributed by atoms with van der Waals surface area (Å²) in [5.41, 5.74) is 4.26. The molecule has 3 aromatic rings. The number of carbonyl (C=O) groups excluding carboxylic acids is 2. The number of furan rings is 1. The Kier molecular flexibility index (Phi) is 6.46. The molecule has 6 nitrogen and oxygen atoms in total. The molecule has 2 aliphatic rings. The molecule has 0 spiro atoms. The van der Waals surface area contributed by atoms with E-state index in [1.54, 1.807) is 12.1 Å². The van der Waals surface area contributed by atoms with Gasteiger partial charge in [-0.3, -0.25) is 4.79 Å². The number of amides is 1. The summed E-state index contributed by atoms with van der Waals surface area (Å²) in [7, 11) is 0. The summed E-state index contributed by atoms with van der Waals surface area (Å²) >= 11 is 1.47. The SMILES string of the molecule is CC(C)OC(=O)c1c(NC(=O)c2ccc(COc3ccc4c(c3)CCC4)o2)sc2c1CCCC2. The standard InChI is InChI=1S/C27H29NO5S/c1-16(2)32-27(30)24-21-8-3-4-9-23(21)34-26(24)28-25(29)22-13-12-20(33-22)15-31-19-11-10-17-6-5-7-18(17)14-19/h10-14,16H,3-9,15H2,1-2H3,(H,28,29). The fourth-order valence-corrected chi connectivity index (χ4v) is 5.95. The monoisotopic (exact) mass is 479 g/mol. The molecule has 0 radical (unpaired) electrons. The number of hydrogen-bond donors (Lipinski definition) is 1. The van der Waals surface area contributed by atoms with Crippen LogP contribution < -0.4 is 10.1 Å². The first kappa shape index (κ1) is 22.7. The fourth-order valence-electron chi connectivity index (χ4n) is 4.68. The molecule has 2 aromatic heterocycles. The van der Waals surface area contributed by atoms with Crippen LogP contribution in [0.2, 0.25) is 0 Å². The van der Waals surface area contributed by atoms with Gasteiger partial charge in [0, 0.05) is 4.88 Å². The molecule has 5 rings (SSSR count). The van der Waals surface area contributed by atoms with Gasteiger partial charge in [-0.1, -0.05) is 6.07 Å². The molecule has 0 atom stereocenters. The summed E-state index contributed by atoms with van der Waals surface area (Å²) in [5.74, 6) is 0.784. The van der Waals surface area contributed by atoms with Gasteiger partial charge in [-0.15, -0.1) is 11.3 Å². The van der Waals surface area contributed by atoms with Gasteiger partial charge in [0.15, 0.2) is 5.76 Å². The number of esters is 1. The highest BCUT2D eigenvalue weighted by molar-refractivity contribution is 7.17. The number of benzene rings is 1. The molecule has 2 aliphatic carbocycles. The van der Waals surface area contributed by atoms with E-state index in [0.717, 1.165) is 54.7 Å². The van der Waals surface area contributed by atoms with Crippen LogP contribution in [0, 0.1) is 0 Å². The second-order valence-corrected chi connectivity index (χ2v) is 10.3. The van der Waals surface area contributed by atoms with Crippen molar-refractivity contribution in [2.75, 3.05) is 5.32 Å². The van der Waals surface area contributed by atoms with Gasteiger partial charge >= 0.3 is 5.97 Å². The lowest BCUT2D eigenvalue weighted by molar-refractivity contribution is 0.0378. The van der Waals surface area contributed by atoms with Crippen molar-refractivity contribution in [1.29, 1.82) is 0 Å². The van der Waals surface area contributed by atoms with E-state index >= 15 is 0 Å². The first-order chi connectivity index (χ1) is 16.5. The smallest absolute Gasteiger partial charge is 0.341 e. The van der Waals surface area contributed by atoms with Gasteiger partial charge in [0.25, 0.3) is 5.91 Å². The number of hydrogen-bond acceptors (Lipinski definition) is 6. The third-order valence-electron chi connectivity index (χ3n) is 6.28. The van der Waals surface area contributed by atoms with Gasteiger partial charge in [-0.25, -0.2) is 4.79 Å². The third-order valence-corrected chi connectivity index (χ3v) is 7.49. The predicted molar refractivity (Wildman–Crippen MR) is 131 cm³/mol. The Balaban J connectivity index is 1.28. The zero-order chi connectivity index (χ0) is 23.7. The molecule has 1 amide bonds. The van der Waals surface area contributed by atoms with E-state index < -0.39 is 0 Å². The number of thiophene rings is 1. The summed E-state index contributed by atoms with van der Waals surface area (Å²) in [6.45, 7) is 3.89. The van der Waals surface area contributed by atoms with Crippen molar-refractivity contribution in [1.82, 2.24) is 0 Å². The van der Waals surface area contributed by atoms with E-state index in [-0.39, 0.29) is 30.3 Å². The maximum Gasteiger partial charge on any atom is 0.341 e. The number of nitrogens with one attached hydrogen (secondary N) is 1. The molecular weight excluding hydrogens is 450 g/mol. The lowest BCUT2D eigenvalue weighted by Gasteiger charge is -2.14. The lowest BCUT2D eigenvalue weighted by atomic mass is 9.95. The first-order valence-electron chi connectivity index (χ1n) is 12.0. The number of fused-ring (bicyclic) bond motifs is 2. The van der Waals surface area contributed by atoms with Crippen molar-refractivity contribution < 1.29 is 23.5 Å². The van der Waals surface area contributed by atoms with E-state index in [4.69, 9.17) is 13.9 Å². The molecule has 7 heteroatoms. The van der Waals surface area contributed by atoms with Gasteiger partial charge in [-0.05, 0) is 99.7 Å². The predicted octanol–water partition coefficient (Wildman–Crippen LogP) is 6.11. The topological polar surface area (TPSA) is 77.8 Å². The fraction of sp³-hybridized carbons (Fsp3) is 0.407. The van der Waals surface area contributed by atoms with E-state index in [1.807, 2.05) is 19.9 Å². The Morgan fingerprint density at radius 3 is 2.71 bits per heavy atom.